The quantitative estimate of drug-likeness (QED) is 0.622. The molecule has 0 unspecified atom stereocenters. The summed E-state index contributed by atoms with van der Waals surface area (Å²) in [6.45, 7) is 1.24. The Bertz CT molecular complexity index is 473. The summed E-state index contributed by atoms with van der Waals surface area (Å²) in [4.78, 5) is 24.1. The van der Waals surface area contributed by atoms with Gasteiger partial charge in [0, 0.05) is 18.8 Å². The number of nitrogens with two attached hydrogens (primary N) is 1. The number of benzene rings is 1. The molecule has 1 amide bonds. The molecule has 0 bridgehead atoms. The van der Waals surface area contributed by atoms with Crippen LogP contribution in [0.15, 0.2) is 18.2 Å². The van der Waals surface area contributed by atoms with Crippen molar-refractivity contribution in [2.24, 2.45) is 0 Å². The summed E-state index contributed by atoms with van der Waals surface area (Å²) < 4.78 is 0. The normalized spacial score (nSPS) is 15.5. The number of carbonyl (C=O) groups excluding carboxylic acids is 1. The number of piperazine rings is 1. The van der Waals surface area contributed by atoms with Crippen molar-refractivity contribution in [2.45, 2.75) is 0 Å². The molecule has 1 fully saturated rings. The number of hydrogen-bond donors (Lipinski definition) is 3. The lowest BCUT2D eigenvalue weighted by atomic mass is 10.1. The molecule has 1 aliphatic heterocycles. The highest BCUT2D eigenvalue weighted by atomic mass is 16.4. The Labute approximate surface area is 98.0 Å². The summed E-state index contributed by atoms with van der Waals surface area (Å²) in [7, 11) is 0. The number of nitrogens with one attached hydrogen (secondary N) is 1. The molecule has 1 heterocycles. The van der Waals surface area contributed by atoms with Crippen LogP contribution >= 0.6 is 0 Å². The van der Waals surface area contributed by atoms with Gasteiger partial charge in [-0.2, -0.15) is 0 Å². The third kappa shape index (κ3) is 2.30. The van der Waals surface area contributed by atoms with Crippen LogP contribution in [0.25, 0.3) is 0 Å². The van der Waals surface area contributed by atoms with Crippen molar-refractivity contribution in [1.29, 1.82) is 0 Å². The highest BCUT2D eigenvalue weighted by molar-refractivity contribution is 5.96. The van der Waals surface area contributed by atoms with Crippen LogP contribution in [0.5, 0.6) is 0 Å². The minimum atomic E-state index is -1.02. The molecule has 0 saturated carbocycles. The predicted octanol–water partition coefficient (Wildman–Crippen LogP) is -0.0968. The molecule has 17 heavy (non-hydrogen) atoms. The van der Waals surface area contributed by atoms with Crippen molar-refractivity contribution < 1.29 is 14.7 Å². The van der Waals surface area contributed by atoms with Gasteiger partial charge < -0.3 is 21.1 Å². The van der Waals surface area contributed by atoms with Crippen molar-refractivity contribution in [2.75, 3.05) is 30.3 Å². The highest BCUT2D eigenvalue weighted by Gasteiger charge is 2.21. The number of carbonyl (C=O) groups is 2. The van der Waals surface area contributed by atoms with Crippen LogP contribution < -0.4 is 16.0 Å². The van der Waals surface area contributed by atoms with Crippen LogP contribution in [0.1, 0.15) is 10.4 Å². The first-order valence-corrected chi connectivity index (χ1v) is 5.22. The van der Waals surface area contributed by atoms with E-state index in [0.717, 1.165) is 0 Å². The monoisotopic (exact) mass is 235 g/mol. The maximum atomic E-state index is 11.3. The standard InChI is InChI=1S/C11H13N3O3/c12-7-1-2-8(11(16)17)9(5-7)14-4-3-13-10(15)6-14/h1-2,5H,3-4,6,12H2,(H,13,15)(H,16,17). The number of amides is 1. The van der Waals surface area contributed by atoms with Gasteiger partial charge in [-0.25, -0.2) is 4.79 Å². The number of aromatic carboxylic acids is 1. The Morgan fingerprint density at radius 3 is 2.88 bits per heavy atom. The smallest absolute Gasteiger partial charge is 0.337 e. The Kier molecular flexibility index (Phi) is 2.86. The summed E-state index contributed by atoms with van der Waals surface area (Å²) in [6, 6.07) is 4.58. The van der Waals surface area contributed by atoms with Crippen LogP contribution in [0.3, 0.4) is 0 Å². The van der Waals surface area contributed by atoms with Gasteiger partial charge in [-0.05, 0) is 18.2 Å². The molecule has 2 rings (SSSR count). The van der Waals surface area contributed by atoms with E-state index in [2.05, 4.69) is 5.32 Å². The molecular weight excluding hydrogens is 222 g/mol. The highest BCUT2D eigenvalue weighted by Crippen LogP contribution is 2.24. The van der Waals surface area contributed by atoms with Crippen LogP contribution in [-0.2, 0) is 4.79 Å². The summed E-state index contributed by atoms with van der Waals surface area (Å²) in [6.07, 6.45) is 0. The van der Waals surface area contributed by atoms with E-state index in [1.807, 2.05) is 0 Å². The van der Waals surface area contributed by atoms with Gasteiger partial charge in [0.05, 0.1) is 17.8 Å². The molecule has 1 aromatic rings. The number of carboxylic acids is 1. The van der Waals surface area contributed by atoms with Crippen molar-refractivity contribution in [3.05, 3.63) is 23.8 Å². The summed E-state index contributed by atoms with van der Waals surface area (Å²) in [5, 5.41) is 11.8. The molecule has 0 radical (unpaired) electrons. The van der Waals surface area contributed by atoms with Crippen LogP contribution in [0, 0.1) is 0 Å². The first kappa shape index (κ1) is 11.3. The SMILES string of the molecule is Nc1ccc(C(=O)O)c(N2CCNC(=O)C2)c1. The molecule has 0 aliphatic carbocycles. The lowest BCUT2D eigenvalue weighted by Gasteiger charge is -2.29. The van der Waals surface area contributed by atoms with Crippen LogP contribution in [-0.4, -0.2) is 36.6 Å². The number of rotatable bonds is 2. The fraction of sp³-hybridized carbons (Fsp3) is 0.273. The fourth-order valence-corrected chi connectivity index (χ4v) is 1.84. The average Bonchev–Trinajstić information content (AvgIpc) is 2.28. The maximum Gasteiger partial charge on any atom is 0.337 e. The summed E-state index contributed by atoms with van der Waals surface area (Å²) in [5.41, 5.74) is 6.79. The van der Waals surface area contributed by atoms with Crippen molar-refractivity contribution in [3.8, 4) is 0 Å². The second-order valence-corrected chi connectivity index (χ2v) is 3.85. The van der Waals surface area contributed by atoms with Gasteiger partial charge in [-0.15, -0.1) is 0 Å². The number of anilines is 2. The fourth-order valence-electron chi connectivity index (χ4n) is 1.84. The van der Waals surface area contributed by atoms with E-state index in [-0.39, 0.29) is 18.0 Å². The molecule has 0 atom stereocenters. The first-order valence-electron chi connectivity index (χ1n) is 5.22. The predicted molar refractivity (Wildman–Crippen MR) is 63.0 cm³/mol. The van der Waals surface area contributed by atoms with Gasteiger partial charge in [-0.3, -0.25) is 4.79 Å². The zero-order chi connectivity index (χ0) is 12.4. The molecular formula is C11H13N3O3. The number of nitrogen functional groups attached to an aromatic ring is 1. The topological polar surface area (TPSA) is 95.7 Å². The third-order valence-electron chi connectivity index (χ3n) is 2.63. The van der Waals surface area contributed by atoms with E-state index < -0.39 is 5.97 Å². The van der Waals surface area contributed by atoms with Gasteiger partial charge in [0.1, 0.15) is 0 Å². The lowest BCUT2D eigenvalue weighted by molar-refractivity contribution is -0.120. The molecule has 6 heteroatoms. The summed E-state index contributed by atoms with van der Waals surface area (Å²) in [5.74, 6) is -1.14. The number of hydrogen-bond acceptors (Lipinski definition) is 4. The van der Waals surface area contributed by atoms with Crippen molar-refractivity contribution >= 4 is 23.3 Å². The Balaban J connectivity index is 2.38. The van der Waals surface area contributed by atoms with E-state index in [1.54, 1.807) is 11.0 Å². The van der Waals surface area contributed by atoms with E-state index in [4.69, 9.17) is 10.8 Å². The second kappa shape index (κ2) is 4.32. The number of nitrogens with zero attached hydrogens (tertiary/aromatic N) is 1. The molecule has 1 aliphatic rings. The van der Waals surface area contributed by atoms with E-state index in [0.29, 0.717) is 24.5 Å². The van der Waals surface area contributed by atoms with Gasteiger partial charge in [-0.1, -0.05) is 0 Å². The largest absolute Gasteiger partial charge is 0.478 e. The molecule has 6 nitrogen and oxygen atoms in total. The zero-order valence-corrected chi connectivity index (χ0v) is 9.14. The van der Waals surface area contributed by atoms with Gasteiger partial charge in [0.25, 0.3) is 0 Å². The van der Waals surface area contributed by atoms with Crippen LogP contribution in [0.4, 0.5) is 11.4 Å². The van der Waals surface area contributed by atoms with Gasteiger partial charge >= 0.3 is 5.97 Å². The van der Waals surface area contributed by atoms with Gasteiger partial charge in [0.15, 0.2) is 0 Å². The maximum absolute atomic E-state index is 11.3. The van der Waals surface area contributed by atoms with Crippen molar-refractivity contribution in [1.82, 2.24) is 5.32 Å². The van der Waals surface area contributed by atoms with Gasteiger partial charge in [0.2, 0.25) is 5.91 Å². The minimum absolute atomic E-state index is 0.116. The first-order chi connectivity index (χ1) is 8.08. The van der Waals surface area contributed by atoms with E-state index >= 15 is 0 Å². The van der Waals surface area contributed by atoms with Crippen LogP contribution in [0.2, 0.25) is 0 Å². The zero-order valence-electron chi connectivity index (χ0n) is 9.14. The number of carboxylic acid groups (broad SMARTS) is 1. The Morgan fingerprint density at radius 2 is 2.24 bits per heavy atom. The van der Waals surface area contributed by atoms with E-state index in [9.17, 15) is 9.59 Å². The molecule has 90 valence electrons. The molecule has 0 aromatic heterocycles. The van der Waals surface area contributed by atoms with Crippen molar-refractivity contribution in [3.63, 3.8) is 0 Å². The molecule has 0 spiro atoms. The minimum Gasteiger partial charge on any atom is -0.478 e. The van der Waals surface area contributed by atoms with E-state index in [1.165, 1.54) is 12.1 Å². The third-order valence-corrected chi connectivity index (χ3v) is 2.63. The lowest BCUT2D eigenvalue weighted by Crippen LogP contribution is -2.48. The average molecular weight is 235 g/mol. The molecule has 1 aromatic carbocycles. The molecule has 4 N–H and O–H groups in total. The molecule has 1 saturated heterocycles. The summed E-state index contributed by atoms with van der Waals surface area (Å²) >= 11 is 0. The Hall–Kier alpha value is -2.24. The Morgan fingerprint density at radius 1 is 1.47 bits per heavy atom. The second-order valence-electron chi connectivity index (χ2n) is 3.85.